The average Bonchev–Trinajstić information content (AvgIpc) is 2.78. The van der Waals surface area contributed by atoms with E-state index in [2.05, 4.69) is 5.16 Å². The summed E-state index contributed by atoms with van der Waals surface area (Å²) in [7, 11) is -0.400. The van der Waals surface area contributed by atoms with Crippen LogP contribution in [0.5, 0.6) is 0 Å². The third-order valence-corrected chi connectivity index (χ3v) is 6.03. The highest BCUT2D eigenvalue weighted by molar-refractivity contribution is 7.89. The van der Waals surface area contributed by atoms with E-state index in [4.69, 9.17) is 15.0 Å². The third-order valence-electron chi connectivity index (χ3n) is 3.96. The third kappa shape index (κ3) is 2.68. The van der Waals surface area contributed by atoms with Crippen LogP contribution in [-0.4, -0.2) is 44.2 Å². The van der Waals surface area contributed by atoms with Crippen molar-refractivity contribution in [3.05, 3.63) is 5.76 Å². The quantitative estimate of drug-likeness (QED) is 0.895. The number of methoxy groups -OCH3 is 1. The number of aromatic nitrogens is 1. The van der Waals surface area contributed by atoms with Gasteiger partial charge in [0.15, 0.2) is 16.5 Å². The summed E-state index contributed by atoms with van der Waals surface area (Å²) < 4.78 is 36.7. The second-order valence-corrected chi connectivity index (χ2v) is 7.07. The van der Waals surface area contributed by atoms with Crippen molar-refractivity contribution < 1.29 is 17.7 Å². The standard InChI is InChI=1S/C12H21N3O4S/c1-8-11(12(13)14-19-8)20(16,17)15(2)9-4-6-10(18-3)7-5-9/h9-10H,4-7H2,1-3H3,(H2,13,14). The molecule has 1 fully saturated rings. The number of aryl methyl sites for hydroxylation is 1. The minimum absolute atomic E-state index is 0.0196. The molecule has 7 nitrogen and oxygen atoms in total. The molecule has 1 saturated carbocycles. The van der Waals surface area contributed by atoms with Crippen LogP contribution in [0.1, 0.15) is 31.4 Å². The maximum Gasteiger partial charge on any atom is 0.250 e. The molecule has 2 N–H and O–H groups in total. The summed E-state index contributed by atoms with van der Waals surface area (Å²) in [4.78, 5) is -0.0196. The van der Waals surface area contributed by atoms with Gasteiger partial charge in [0.25, 0.3) is 0 Å². The summed E-state index contributed by atoms with van der Waals surface area (Å²) in [5.74, 6) is 0.139. The molecule has 0 atom stereocenters. The Bertz CT molecular complexity index is 542. The molecule has 1 aromatic heterocycles. The van der Waals surface area contributed by atoms with Crippen molar-refractivity contribution in [2.75, 3.05) is 19.9 Å². The second kappa shape index (κ2) is 5.71. The van der Waals surface area contributed by atoms with Gasteiger partial charge in [-0.2, -0.15) is 4.31 Å². The van der Waals surface area contributed by atoms with Gasteiger partial charge >= 0.3 is 0 Å². The predicted octanol–water partition coefficient (Wildman–Crippen LogP) is 1.14. The lowest BCUT2D eigenvalue weighted by molar-refractivity contribution is 0.0553. The van der Waals surface area contributed by atoms with Gasteiger partial charge in [-0.25, -0.2) is 8.42 Å². The van der Waals surface area contributed by atoms with Crippen molar-refractivity contribution in [3.63, 3.8) is 0 Å². The molecule has 20 heavy (non-hydrogen) atoms. The monoisotopic (exact) mass is 303 g/mol. The highest BCUT2D eigenvalue weighted by atomic mass is 32.2. The number of anilines is 1. The largest absolute Gasteiger partial charge is 0.381 e. The average molecular weight is 303 g/mol. The lowest BCUT2D eigenvalue weighted by Gasteiger charge is -2.33. The van der Waals surface area contributed by atoms with Crippen LogP contribution in [0.15, 0.2) is 9.42 Å². The molecule has 0 aliphatic heterocycles. The van der Waals surface area contributed by atoms with Crippen molar-refractivity contribution in [1.29, 1.82) is 0 Å². The summed E-state index contributed by atoms with van der Waals surface area (Å²) in [5.41, 5.74) is 5.61. The Hall–Kier alpha value is -1.12. The van der Waals surface area contributed by atoms with Crippen LogP contribution in [0.3, 0.4) is 0 Å². The molecule has 0 bridgehead atoms. The molecular weight excluding hydrogens is 282 g/mol. The van der Waals surface area contributed by atoms with E-state index in [0.29, 0.717) is 0 Å². The van der Waals surface area contributed by atoms with Gasteiger partial charge in [-0.15, -0.1) is 0 Å². The molecule has 1 heterocycles. The number of rotatable bonds is 4. The molecule has 2 rings (SSSR count). The zero-order valence-corrected chi connectivity index (χ0v) is 12.8. The molecule has 0 spiro atoms. The number of nitrogens with zero attached hydrogens (tertiary/aromatic N) is 2. The van der Waals surface area contributed by atoms with Crippen LogP contribution < -0.4 is 5.73 Å². The maximum atomic E-state index is 12.6. The normalized spacial score (nSPS) is 24.2. The van der Waals surface area contributed by atoms with Gasteiger partial charge in [-0.1, -0.05) is 5.16 Å². The number of nitrogen functional groups attached to an aromatic ring is 1. The smallest absolute Gasteiger partial charge is 0.250 e. The molecule has 1 aliphatic rings. The molecule has 114 valence electrons. The first-order valence-corrected chi connectivity index (χ1v) is 8.04. The lowest BCUT2D eigenvalue weighted by atomic mass is 9.93. The van der Waals surface area contributed by atoms with Crippen LogP contribution in [0.2, 0.25) is 0 Å². The first-order valence-electron chi connectivity index (χ1n) is 6.60. The van der Waals surface area contributed by atoms with E-state index in [1.54, 1.807) is 21.1 Å². The molecule has 1 aromatic rings. The number of hydrogen-bond donors (Lipinski definition) is 1. The van der Waals surface area contributed by atoms with Crippen LogP contribution in [0.25, 0.3) is 0 Å². The molecular formula is C12H21N3O4S. The minimum Gasteiger partial charge on any atom is -0.381 e. The van der Waals surface area contributed by atoms with Crippen LogP contribution in [0.4, 0.5) is 5.82 Å². The summed E-state index contributed by atoms with van der Waals surface area (Å²) in [6.07, 6.45) is 3.50. The van der Waals surface area contributed by atoms with Gasteiger partial charge in [0.2, 0.25) is 10.0 Å². The van der Waals surface area contributed by atoms with Gasteiger partial charge in [-0.3, -0.25) is 0 Å². The Morgan fingerprint density at radius 1 is 1.35 bits per heavy atom. The second-order valence-electron chi connectivity index (χ2n) is 5.14. The molecule has 1 aliphatic carbocycles. The van der Waals surface area contributed by atoms with Crippen molar-refractivity contribution in [3.8, 4) is 0 Å². The predicted molar refractivity (Wildman–Crippen MR) is 73.7 cm³/mol. The minimum atomic E-state index is -3.67. The Kier molecular flexibility index (Phi) is 4.36. The van der Waals surface area contributed by atoms with Gasteiger partial charge < -0.3 is 15.0 Å². The fourth-order valence-corrected chi connectivity index (χ4v) is 4.27. The van der Waals surface area contributed by atoms with Crippen molar-refractivity contribution in [1.82, 2.24) is 9.46 Å². The molecule has 0 radical (unpaired) electrons. The lowest BCUT2D eigenvalue weighted by Crippen LogP contribution is -2.40. The Morgan fingerprint density at radius 3 is 2.40 bits per heavy atom. The summed E-state index contributed by atoms with van der Waals surface area (Å²) >= 11 is 0. The van der Waals surface area contributed by atoms with Crippen LogP contribution in [0, 0.1) is 6.92 Å². The number of ether oxygens (including phenoxy) is 1. The number of sulfonamides is 1. The Morgan fingerprint density at radius 2 is 1.95 bits per heavy atom. The van der Waals surface area contributed by atoms with E-state index in [1.807, 2.05) is 0 Å². The first-order chi connectivity index (χ1) is 9.37. The van der Waals surface area contributed by atoms with Crippen LogP contribution in [-0.2, 0) is 14.8 Å². The number of nitrogens with two attached hydrogens (primary N) is 1. The van der Waals surface area contributed by atoms with E-state index < -0.39 is 10.0 Å². The van der Waals surface area contributed by atoms with Crippen LogP contribution >= 0.6 is 0 Å². The number of hydrogen-bond acceptors (Lipinski definition) is 6. The summed E-state index contributed by atoms with van der Waals surface area (Å²) in [6.45, 7) is 1.55. The van der Waals surface area contributed by atoms with Crippen molar-refractivity contribution in [2.45, 2.75) is 49.6 Å². The fourth-order valence-electron chi connectivity index (χ4n) is 2.68. The van der Waals surface area contributed by atoms with E-state index in [-0.39, 0.29) is 28.6 Å². The molecule has 0 amide bonds. The van der Waals surface area contributed by atoms with E-state index in [9.17, 15) is 8.42 Å². The maximum absolute atomic E-state index is 12.6. The molecule has 0 saturated heterocycles. The van der Waals surface area contributed by atoms with Crippen molar-refractivity contribution >= 4 is 15.8 Å². The first kappa shape index (κ1) is 15.3. The van der Waals surface area contributed by atoms with Gasteiger partial charge in [0.05, 0.1) is 6.10 Å². The topological polar surface area (TPSA) is 98.7 Å². The molecule has 8 heteroatoms. The SMILES string of the molecule is COC1CCC(N(C)S(=O)(=O)c2c(N)noc2C)CC1. The Labute approximate surface area is 119 Å². The van der Waals surface area contributed by atoms with E-state index >= 15 is 0 Å². The highest BCUT2D eigenvalue weighted by Gasteiger charge is 2.35. The fraction of sp³-hybridized carbons (Fsp3) is 0.750. The summed E-state index contributed by atoms with van der Waals surface area (Å²) in [6, 6.07) is -0.0416. The Balaban J connectivity index is 2.18. The van der Waals surface area contributed by atoms with Crippen molar-refractivity contribution in [2.24, 2.45) is 0 Å². The highest BCUT2D eigenvalue weighted by Crippen LogP contribution is 2.30. The molecule has 0 aromatic carbocycles. The zero-order valence-electron chi connectivity index (χ0n) is 12.0. The zero-order chi connectivity index (χ0) is 14.9. The van der Waals surface area contributed by atoms with Gasteiger partial charge in [0.1, 0.15) is 0 Å². The van der Waals surface area contributed by atoms with Gasteiger partial charge in [0, 0.05) is 20.2 Å². The van der Waals surface area contributed by atoms with E-state index in [0.717, 1.165) is 25.7 Å². The molecule has 0 unspecified atom stereocenters. The summed E-state index contributed by atoms with van der Waals surface area (Å²) in [5, 5.41) is 3.51. The van der Waals surface area contributed by atoms with Gasteiger partial charge in [-0.05, 0) is 32.6 Å². The van der Waals surface area contributed by atoms with E-state index in [1.165, 1.54) is 4.31 Å².